The maximum Gasteiger partial charge on any atom is 0.308 e. The highest BCUT2D eigenvalue weighted by atomic mass is 28.4. The Morgan fingerprint density at radius 2 is 2.13 bits per heavy atom. The topological polar surface area (TPSA) is 35.5 Å². The first kappa shape index (κ1) is 12.3. The average molecular weight is 228 g/mol. The second-order valence-corrected chi connectivity index (χ2v) is 9.31. The van der Waals surface area contributed by atoms with Crippen LogP contribution in [0.3, 0.4) is 0 Å². The number of esters is 1. The van der Waals surface area contributed by atoms with Crippen LogP contribution in [0.25, 0.3) is 0 Å². The van der Waals surface area contributed by atoms with E-state index in [1.807, 2.05) is 6.08 Å². The smallest absolute Gasteiger partial charge is 0.308 e. The molecule has 0 fully saturated rings. The van der Waals surface area contributed by atoms with Crippen LogP contribution in [0.15, 0.2) is 11.8 Å². The SMILES string of the molecule is COC(=O)C1CC=C(O[Si](C)(C)C)CC1. The van der Waals surface area contributed by atoms with Gasteiger partial charge in [-0.15, -0.1) is 0 Å². The van der Waals surface area contributed by atoms with Gasteiger partial charge in [0.25, 0.3) is 0 Å². The van der Waals surface area contributed by atoms with Crippen LogP contribution in [-0.2, 0) is 14.0 Å². The maximum atomic E-state index is 11.3. The fourth-order valence-corrected chi connectivity index (χ4v) is 2.65. The molecular weight excluding hydrogens is 208 g/mol. The summed E-state index contributed by atoms with van der Waals surface area (Å²) in [5.74, 6) is 0.997. The average Bonchev–Trinajstić information content (AvgIpc) is 2.15. The summed E-state index contributed by atoms with van der Waals surface area (Å²) in [6, 6.07) is 0. The van der Waals surface area contributed by atoms with Gasteiger partial charge in [-0.25, -0.2) is 0 Å². The van der Waals surface area contributed by atoms with Gasteiger partial charge in [0.05, 0.1) is 18.8 Å². The van der Waals surface area contributed by atoms with Gasteiger partial charge >= 0.3 is 5.97 Å². The molecule has 0 spiro atoms. The molecule has 1 unspecified atom stereocenters. The quantitative estimate of drug-likeness (QED) is 0.550. The predicted molar refractivity (Wildman–Crippen MR) is 61.9 cm³/mol. The normalized spacial score (nSPS) is 21.9. The molecule has 1 atom stereocenters. The third-order valence-corrected chi connectivity index (χ3v) is 3.22. The van der Waals surface area contributed by atoms with E-state index >= 15 is 0 Å². The third-order valence-electron chi connectivity index (χ3n) is 2.34. The van der Waals surface area contributed by atoms with E-state index in [0.717, 1.165) is 25.0 Å². The van der Waals surface area contributed by atoms with Crippen molar-refractivity contribution in [3.05, 3.63) is 11.8 Å². The summed E-state index contributed by atoms with van der Waals surface area (Å²) in [7, 11) is -0.0420. The van der Waals surface area contributed by atoms with Crippen LogP contribution in [0, 0.1) is 5.92 Å². The monoisotopic (exact) mass is 228 g/mol. The zero-order chi connectivity index (χ0) is 11.5. The van der Waals surface area contributed by atoms with Crippen LogP contribution in [0.5, 0.6) is 0 Å². The molecule has 0 bridgehead atoms. The first-order chi connectivity index (χ1) is 6.92. The van der Waals surface area contributed by atoms with Gasteiger partial charge in [0.15, 0.2) is 0 Å². The highest BCUT2D eigenvalue weighted by molar-refractivity contribution is 6.70. The Bertz CT molecular complexity index is 265. The van der Waals surface area contributed by atoms with Crippen molar-refractivity contribution < 1.29 is 14.0 Å². The molecule has 15 heavy (non-hydrogen) atoms. The number of methoxy groups -OCH3 is 1. The molecular formula is C11H20O3Si. The standard InChI is InChI=1S/C11H20O3Si/c1-13-11(12)9-5-7-10(8-6-9)14-15(2,3)4/h7,9H,5-6,8H2,1-4H3. The van der Waals surface area contributed by atoms with Crippen molar-refractivity contribution in [1.82, 2.24) is 0 Å². The number of carbonyl (C=O) groups excluding carboxylic acids is 1. The summed E-state index contributed by atoms with van der Waals surface area (Å²) in [5, 5.41) is 0. The van der Waals surface area contributed by atoms with Crippen LogP contribution < -0.4 is 0 Å². The van der Waals surface area contributed by atoms with Gasteiger partial charge in [-0.2, -0.15) is 0 Å². The Kier molecular flexibility index (Phi) is 3.96. The minimum atomic E-state index is -1.49. The van der Waals surface area contributed by atoms with Gasteiger partial charge < -0.3 is 9.16 Å². The summed E-state index contributed by atoms with van der Waals surface area (Å²) in [6.07, 6.45) is 4.52. The van der Waals surface area contributed by atoms with Gasteiger partial charge in [0.1, 0.15) is 0 Å². The van der Waals surface area contributed by atoms with E-state index in [2.05, 4.69) is 19.6 Å². The minimum Gasteiger partial charge on any atom is -0.548 e. The molecule has 0 saturated carbocycles. The van der Waals surface area contributed by atoms with E-state index in [-0.39, 0.29) is 11.9 Å². The fourth-order valence-electron chi connectivity index (χ4n) is 1.68. The second-order valence-electron chi connectivity index (χ2n) is 4.88. The highest BCUT2D eigenvalue weighted by Crippen LogP contribution is 2.27. The van der Waals surface area contributed by atoms with Gasteiger partial charge in [-0.05, 0) is 38.6 Å². The van der Waals surface area contributed by atoms with E-state index in [1.165, 1.54) is 7.11 Å². The number of ether oxygens (including phenoxy) is 1. The van der Waals surface area contributed by atoms with Crippen molar-refractivity contribution in [1.29, 1.82) is 0 Å². The van der Waals surface area contributed by atoms with Crippen LogP contribution in [0.4, 0.5) is 0 Å². The molecule has 4 heteroatoms. The highest BCUT2D eigenvalue weighted by Gasteiger charge is 2.25. The summed E-state index contributed by atoms with van der Waals surface area (Å²) in [5.41, 5.74) is 0. The Labute approximate surface area is 92.6 Å². The van der Waals surface area contributed by atoms with E-state index < -0.39 is 8.32 Å². The van der Waals surface area contributed by atoms with Gasteiger partial charge in [-0.3, -0.25) is 4.79 Å². The zero-order valence-electron chi connectivity index (χ0n) is 10.0. The van der Waals surface area contributed by atoms with Crippen molar-refractivity contribution in [2.24, 2.45) is 5.92 Å². The van der Waals surface area contributed by atoms with Gasteiger partial charge in [-0.1, -0.05) is 0 Å². The molecule has 1 aliphatic rings. The Morgan fingerprint density at radius 3 is 2.53 bits per heavy atom. The molecule has 0 radical (unpaired) electrons. The molecule has 1 aliphatic carbocycles. The molecule has 0 saturated heterocycles. The second kappa shape index (κ2) is 4.83. The minimum absolute atomic E-state index is 0.0315. The number of hydrogen-bond acceptors (Lipinski definition) is 3. The first-order valence-electron chi connectivity index (χ1n) is 5.38. The third kappa shape index (κ3) is 4.07. The van der Waals surface area contributed by atoms with E-state index in [4.69, 9.17) is 9.16 Å². The van der Waals surface area contributed by atoms with E-state index in [0.29, 0.717) is 0 Å². The lowest BCUT2D eigenvalue weighted by Crippen LogP contribution is -2.27. The Balaban J connectivity index is 2.48. The summed E-state index contributed by atoms with van der Waals surface area (Å²) < 4.78 is 10.6. The molecule has 3 nitrogen and oxygen atoms in total. The lowest BCUT2D eigenvalue weighted by atomic mass is 9.93. The zero-order valence-corrected chi connectivity index (χ0v) is 11.0. The van der Waals surface area contributed by atoms with Crippen molar-refractivity contribution in [2.45, 2.75) is 38.9 Å². The molecule has 0 N–H and O–H groups in total. The number of allylic oxidation sites excluding steroid dienone is 2. The summed E-state index contributed by atoms with van der Waals surface area (Å²) in [6.45, 7) is 6.50. The predicted octanol–water partition coefficient (Wildman–Crippen LogP) is 2.69. The first-order valence-corrected chi connectivity index (χ1v) is 8.79. The largest absolute Gasteiger partial charge is 0.548 e. The van der Waals surface area contributed by atoms with Crippen LogP contribution >= 0.6 is 0 Å². The number of hydrogen-bond donors (Lipinski definition) is 0. The molecule has 0 heterocycles. The lowest BCUT2D eigenvalue weighted by molar-refractivity contribution is -0.145. The van der Waals surface area contributed by atoms with E-state index in [1.54, 1.807) is 0 Å². The number of carbonyl (C=O) groups is 1. The van der Waals surface area contributed by atoms with Gasteiger partial charge in [0.2, 0.25) is 8.32 Å². The molecule has 0 aromatic rings. The van der Waals surface area contributed by atoms with Crippen LogP contribution in [0.2, 0.25) is 19.6 Å². The Morgan fingerprint density at radius 1 is 1.47 bits per heavy atom. The van der Waals surface area contributed by atoms with Crippen LogP contribution in [0.1, 0.15) is 19.3 Å². The molecule has 0 aromatic heterocycles. The molecule has 1 rings (SSSR count). The molecule has 0 aromatic carbocycles. The molecule has 86 valence electrons. The van der Waals surface area contributed by atoms with E-state index in [9.17, 15) is 4.79 Å². The molecule has 0 amide bonds. The lowest BCUT2D eigenvalue weighted by Gasteiger charge is -2.26. The van der Waals surface area contributed by atoms with Crippen molar-refractivity contribution in [2.75, 3.05) is 7.11 Å². The van der Waals surface area contributed by atoms with Crippen molar-refractivity contribution in [3.63, 3.8) is 0 Å². The van der Waals surface area contributed by atoms with Gasteiger partial charge in [0, 0.05) is 6.42 Å². The number of rotatable bonds is 3. The Hall–Kier alpha value is -0.773. The summed E-state index contributed by atoms with van der Waals surface area (Å²) >= 11 is 0. The fraction of sp³-hybridized carbons (Fsp3) is 0.727. The van der Waals surface area contributed by atoms with Crippen molar-refractivity contribution in [3.8, 4) is 0 Å². The van der Waals surface area contributed by atoms with Crippen molar-refractivity contribution >= 4 is 14.3 Å². The maximum absolute atomic E-state index is 11.3. The summed E-state index contributed by atoms with van der Waals surface area (Å²) in [4.78, 5) is 11.3. The van der Waals surface area contributed by atoms with Crippen LogP contribution in [-0.4, -0.2) is 21.4 Å². The molecule has 0 aliphatic heterocycles.